The van der Waals surface area contributed by atoms with Crippen LogP contribution in [0.25, 0.3) is 0 Å². The summed E-state index contributed by atoms with van der Waals surface area (Å²) < 4.78 is 5.50. The number of aromatic nitrogens is 1. The molecule has 2 N–H and O–H groups in total. The number of rotatable bonds is 3. The van der Waals surface area contributed by atoms with Gasteiger partial charge in [0.15, 0.2) is 0 Å². The van der Waals surface area contributed by atoms with Crippen LogP contribution in [0, 0.1) is 30.1 Å². The van der Waals surface area contributed by atoms with E-state index in [1.54, 1.807) is 6.26 Å². The molecular weight excluding hydrogens is 236 g/mol. The Hall–Kier alpha value is -0.830. The Labute approximate surface area is 115 Å². The number of nitrogens with zero attached hydrogens (tertiary/aromatic N) is 1. The van der Waals surface area contributed by atoms with Gasteiger partial charge < -0.3 is 10.2 Å². The molecule has 4 fully saturated rings. The van der Waals surface area contributed by atoms with Crippen molar-refractivity contribution >= 4 is 0 Å². The fraction of sp³-hybridized carbons (Fsp3) is 0.812. The van der Waals surface area contributed by atoms with E-state index in [1.165, 1.54) is 38.5 Å². The Kier molecular flexibility index (Phi) is 2.57. The lowest BCUT2D eigenvalue weighted by Gasteiger charge is -2.57. The summed E-state index contributed by atoms with van der Waals surface area (Å²) in [7, 11) is 0. The Bertz CT molecular complexity index is 444. The molecular formula is C16H24N2O. The highest BCUT2D eigenvalue weighted by Gasteiger charge is 2.51. The number of hydrogen-bond donors (Lipinski definition) is 1. The van der Waals surface area contributed by atoms with Crippen LogP contribution < -0.4 is 5.73 Å². The standard InChI is InChI=1S/C16H24N2O/c1-10-9-19-15(18-10)14(17)8-16-5-11-2-12(6-16)4-13(3-11)7-16/h9,11-14H,2-8,17H2,1H3. The smallest absolute Gasteiger partial charge is 0.211 e. The molecule has 0 saturated heterocycles. The molecule has 19 heavy (non-hydrogen) atoms. The molecule has 0 aromatic carbocycles. The molecule has 1 atom stereocenters. The summed E-state index contributed by atoms with van der Waals surface area (Å²) in [5, 5.41) is 0. The molecule has 0 amide bonds. The average Bonchev–Trinajstić information content (AvgIpc) is 2.73. The van der Waals surface area contributed by atoms with Gasteiger partial charge in [-0.15, -0.1) is 0 Å². The first-order valence-corrected chi connectivity index (χ1v) is 7.79. The minimum Gasteiger partial charge on any atom is -0.447 e. The fourth-order valence-corrected chi connectivity index (χ4v) is 5.64. The van der Waals surface area contributed by atoms with Crippen molar-refractivity contribution < 1.29 is 4.42 Å². The molecule has 3 heteroatoms. The van der Waals surface area contributed by atoms with Crippen LogP contribution in [0.15, 0.2) is 10.7 Å². The van der Waals surface area contributed by atoms with Crippen LogP contribution in [0.2, 0.25) is 0 Å². The van der Waals surface area contributed by atoms with Crippen LogP contribution in [0.5, 0.6) is 0 Å². The zero-order valence-corrected chi connectivity index (χ0v) is 11.8. The lowest BCUT2D eigenvalue weighted by molar-refractivity contribution is -0.0615. The van der Waals surface area contributed by atoms with Gasteiger partial charge in [0.2, 0.25) is 5.89 Å². The maximum absolute atomic E-state index is 6.37. The molecule has 4 aliphatic rings. The molecule has 0 radical (unpaired) electrons. The third-order valence-electron chi connectivity index (χ3n) is 5.77. The van der Waals surface area contributed by atoms with Crippen LogP contribution in [0.4, 0.5) is 0 Å². The summed E-state index contributed by atoms with van der Waals surface area (Å²) in [6, 6.07) is -0.00931. The van der Waals surface area contributed by atoms with Crippen molar-refractivity contribution in [3.63, 3.8) is 0 Å². The van der Waals surface area contributed by atoms with Crippen molar-refractivity contribution in [2.75, 3.05) is 0 Å². The Morgan fingerprint density at radius 1 is 1.26 bits per heavy atom. The van der Waals surface area contributed by atoms with E-state index in [0.29, 0.717) is 5.41 Å². The number of nitrogens with two attached hydrogens (primary N) is 1. The molecule has 3 nitrogen and oxygen atoms in total. The quantitative estimate of drug-likeness (QED) is 0.903. The van der Waals surface area contributed by atoms with Crippen LogP contribution >= 0.6 is 0 Å². The van der Waals surface area contributed by atoms with E-state index < -0.39 is 0 Å². The maximum Gasteiger partial charge on any atom is 0.211 e. The molecule has 4 aliphatic carbocycles. The summed E-state index contributed by atoms with van der Waals surface area (Å²) in [4.78, 5) is 4.42. The number of aryl methyl sites for hydroxylation is 1. The van der Waals surface area contributed by atoms with Crippen molar-refractivity contribution in [1.29, 1.82) is 0 Å². The molecule has 1 aromatic heterocycles. The summed E-state index contributed by atoms with van der Waals surface area (Å²) in [5.74, 6) is 3.72. The highest BCUT2D eigenvalue weighted by molar-refractivity contribution is 5.05. The largest absolute Gasteiger partial charge is 0.447 e. The SMILES string of the molecule is Cc1coc(C(N)CC23CC4CC(CC(C4)C2)C3)n1. The summed E-state index contributed by atoms with van der Waals surface area (Å²) >= 11 is 0. The van der Waals surface area contributed by atoms with Gasteiger partial charge in [0.25, 0.3) is 0 Å². The van der Waals surface area contributed by atoms with E-state index in [1.807, 2.05) is 6.92 Å². The molecule has 1 aromatic rings. The normalized spacial score (nSPS) is 41.7. The Balaban J connectivity index is 1.53. The lowest BCUT2D eigenvalue weighted by atomic mass is 9.48. The van der Waals surface area contributed by atoms with Crippen molar-refractivity contribution in [2.24, 2.45) is 28.9 Å². The molecule has 104 valence electrons. The minimum atomic E-state index is -0.00931. The van der Waals surface area contributed by atoms with Gasteiger partial charge in [-0.25, -0.2) is 4.98 Å². The van der Waals surface area contributed by atoms with Gasteiger partial charge in [0.05, 0.1) is 11.7 Å². The molecule has 1 heterocycles. The predicted octanol–water partition coefficient (Wildman–Crippen LogP) is 3.59. The maximum atomic E-state index is 6.37. The van der Waals surface area contributed by atoms with Gasteiger partial charge in [-0.2, -0.15) is 0 Å². The second-order valence-electron chi connectivity index (χ2n) is 7.56. The molecule has 0 aliphatic heterocycles. The molecule has 4 bridgehead atoms. The zero-order chi connectivity index (χ0) is 13.0. The molecule has 4 saturated carbocycles. The predicted molar refractivity (Wildman–Crippen MR) is 73.4 cm³/mol. The topological polar surface area (TPSA) is 52.0 Å². The Morgan fingerprint density at radius 3 is 2.32 bits per heavy atom. The van der Waals surface area contributed by atoms with E-state index >= 15 is 0 Å². The average molecular weight is 260 g/mol. The molecule has 0 spiro atoms. The van der Waals surface area contributed by atoms with Crippen LogP contribution in [0.1, 0.15) is 62.6 Å². The van der Waals surface area contributed by atoms with E-state index in [2.05, 4.69) is 4.98 Å². The van der Waals surface area contributed by atoms with Gasteiger partial charge in [-0.05, 0) is 75.0 Å². The summed E-state index contributed by atoms with van der Waals surface area (Å²) in [6.07, 6.45) is 11.5. The van der Waals surface area contributed by atoms with E-state index in [4.69, 9.17) is 10.2 Å². The van der Waals surface area contributed by atoms with Crippen molar-refractivity contribution in [2.45, 2.75) is 57.9 Å². The van der Waals surface area contributed by atoms with Gasteiger partial charge in [0, 0.05) is 0 Å². The third kappa shape index (κ3) is 2.03. The second-order valence-corrected chi connectivity index (χ2v) is 7.56. The highest BCUT2D eigenvalue weighted by Crippen LogP contribution is 2.62. The third-order valence-corrected chi connectivity index (χ3v) is 5.77. The van der Waals surface area contributed by atoms with Crippen LogP contribution in [-0.4, -0.2) is 4.98 Å². The lowest BCUT2D eigenvalue weighted by Crippen LogP contribution is -2.47. The van der Waals surface area contributed by atoms with Gasteiger partial charge >= 0.3 is 0 Å². The van der Waals surface area contributed by atoms with Gasteiger partial charge in [-0.1, -0.05) is 0 Å². The highest BCUT2D eigenvalue weighted by atomic mass is 16.3. The van der Waals surface area contributed by atoms with Gasteiger partial charge in [-0.3, -0.25) is 0 Å². The minimum absolute atomic E-state index is 0.00931. The van der Waals surface area contributed by atoms with Crippen molar-refractivity contribution in [1.82, 2.24) is 4.98 Å². The summed E-state index contributed by atoms with van der Waals surface area (Å²) in [5.41, 5.74) is 7.82. The van der Waals surface area contributed by atoms with E-state index in [9.17, 15) is 0 Å². The van der Waals surface area contributed by atoms with Crippen LogP contribution in [-0.2, 0) is 0 Å². The van der Waals surface area contributed by atoms with Crippen molar-refractivity contribution in [3.05, 3.63) is 17.8 Å². The van der Waals surface area contributed by atoms with Crippen LogP contribution in [0.3, 0.4) is 0 Å². The van der Waals surface area contributed by atoms with Crippen molar-refractivity contribution in [3.8, 4) is 0 Å². The monoisotopic (exact) mass is 260 g/mol. The fourth-order valence-electron chi connectivity index (χ4n) is 5.64. The molecule has 1 unspecified atom stereocenters. The van der Waals surface area contributed by atoms with Gasteiger partial charge in [0.1, 0.15) is 6.26 Å². The first-order valence-electron chi connectivity index (χ1n) is 7.79. The van der Waals surface area contributed by atoms with E-state index in [-0.39, 0.29) is 6.04 Å². The Morgan fingerprint density at radius 2 is 1.84 bits per heavy atom. The first-order chi connectivity index (χ1) is 9.12. The summed E-state index contributed by atoms with van der Waals surface area (Å²) in [6.45, 7) is 1.96. The second kappa shape index (κ2) is 4.08. The zero-order valence-electron chi connectivity index (χ0n) is 11.8. The van der Waals surface area contributed by atoms with E-state index in [0.717, 1.165) is 35.8 Å². The first kappa shape index (κ1) is 12.0. The number of oxazole rings is 1. The molecule has 5 rings (SSSR count). The number of hydrogen-bond acceptors (Lipinski definition) is 3.